The Bertz CT molecular complexity index is 978. The maximum absolute atomic E-state index is 12.0. The Morgan fingerprint density at radius 2 is 1.50 bits per heavy atom. The third-order valence-electron chi connectivity index (χ3n) is 4.98. The monoisotopic (exact) mass is 429 g/mol. The minimum Gasteiger partial charge on any atom is -0.484 e. The maximum atomic E-state index is 12.0. The van der Waals surface area contributed by atoms with Crippen molar-refractivity contribution in [2.24, 2.45) is 5.10 Å². The molecule has 0 saturated heterocycles. The lowest BCUT2D eigenvalue weighted by Crippen LogP contribution is -2.25. The van der Waals surface area contributed by atoms with Gasteiger partial charge in [-0.1, -0.05) is 68.4 Å². The van der Waals surface area contributed by atoms with Crippen molar-refractivity contribution in [2.75, 3.05) is 24.6 Å². The maximum Gasteiger partial charge on any atom is 0.277 e. The minimum absolute atomic E-state index is 0.0933. The van der Waals surface area contributed by atoms with Crippen LogP contribution in [0.1, 0.15) is 32.3 Å². The Labute approximate surface area is 190 Å². The van der Waals surface area contributed by atoms with Gasteiger partial charge in [0.15, 0.2) is 6.61 Å². The van der Waals surface area contributed by atoms with Crippen LogP contribution in [0.25, 0.3) is 11.1 Å². The third kappa shape index (κ3) is 6.98. The lowest BCUT2D eigenvalue weighted by atomic mass is 10.1. The minimum atomic E-state index is -0.304. The van der Waals surface area contributed by atoms with E-state index in [0.717, 1.165) is 42.6 Å². The molecule has 3 aromatic carbocycles. The molecule has 0 saturated carbocycles. The summed E-state index contributed by atoms with van der Waals surface area (Å²) in [6.45, 7) is 6.38. The molecule has 3 aromatic rings. The van der Waals surface area contributed by atoms with E-state index in [1.165, 1.54) is 5.69 Å². The smallest absolute Gasteiger partial charge is 0.277 e. The van der Waals surface area contributed by atoms with Gasteiger partial charge < -0.3 is 9.64 Å². The first kappa shape index (κ1) is 23.1. The number of nitrogens with one attached hydrogen (secondary N) is 1. The number of hydrogen-bond acceptors (Lipinski definition) is 4. The second-order valence-electron chi connectivity index (χ2n) is 7.55. The van der Waals surface area contributed by atoms with Crippen LogP contribution in [0.4, 0.5) is 5.69 Å². The summed E-state index contributed by atoms with van der Waals surface area (Å²) in [7, 11) is 0. The molecule has 1 N–H and O–H groups in total. The zero-order valence-corrected chi connectivity index (χ0v) is 18.8. The Hall–Kier alpha value is -3.60. The molecule has 0 atom stereocenters. The molecule has 0 spiro atoms. The van der Waals surface area contributed by atoms with E-state index in [0.29, 0.717) is 5.75 Å². The van der Waals surface area contributed by atoms with Crippen LogP contribution >= 0.6 is 0 Å². The molecule has 0 aliphatic rings. The number of hydrogen-bond donors (Lipinski definition) is 1. The van der Waals surface area contributed by atoms with Crippen LogP contribution in [0.3, 0.4) is 0 Å². The van der Waals surface area contributed by atoms with Crippen LogP contribution in [-0.4, -0.2) is 31.8 Å². The molecule has 0 unspecified atom stereocenters. The van der Waals surface area contributed by atoms with Crippen molar-refractivity contribution in [2.45, 2.75) is 26.7 Å². The van der Waals surface area contributed by atoms with Crippen LogP contribution in [0, 0.1) is 0 Å². The van der Waals surface area contributed by atoms with Crippen molar-refractivity contribution < 1.29 is 9.53 Å². The fraction of sp³-hybridized carbons (Fsp3) is 0.259. The van der Waals surface area contributed by atoms with Gasteiger partial charge in [0.2, 0.25) is 0 Å². The molecule has 0 fully saturated rings. The number of ether oxygens (including phenoxy) is 1. The lowest BCUT2D eigenvalue weighted by molar-refractivity contribution is -0.123. The van der Waals surface area contributed by atoms with Crippen molar-refractivity contribution in [3.05, 3.63) is 84.4 Å². The van der Waals surface area contributed by atoms with Crippen LogP contribution in [-0.2, 0) is 4.79 Å². The quantitative estimate of drug-likeness (QED) is 0.323. The largest absolute Gasteiger partial charge is 0.484 e. The van der Waals surface area contributed by atoms with Crippen molar-refractivity contribution in [3.8, 4) is 16.9 Å². The first-order valence-electron chi connectivity index (χ1n) is 11.1. The average molecular weight is 430 g/mol. The van der Waals surface area contributed by atoms with Crippen molar-refractivity contribution >= 4 is 17.8 Å². The standard InChI is InChI=1S/C27H31N3O2/c1-3-18-30(19-4-2)25-14-10-22(11-15-25)20-28-29-27(31)21-32-26-16-12-24(13-17-26)23-8-6-5-7-9-23/h5-17,20H,3-4,18-19,21H2,1-2H3,(H,29,31)/b28-20+. The van der Waals surface area contributed by atoms with Gasteiger partial charge in [-0.2, -0.15) is 5.10 Å². The predicted molar refractivity (Wildman–Crippen MR) is 132 cm³/mol. The molecular formula is C27H31N3O2. The van der Waals surface area contributed by atoms with E-state index in [2.05, 4.69) is 53.5 Å². The SMILES string of the molecule is CCCN(CCC)c1ccc(/C=N/NC(=O)COc2ccc(-c3ccccc3)cc2)cc1. The molecule has 0 heterocycles. The normalized spacial score (nSPS) is 10.8. The van der Waals surface area contributed by atoms with Gasteiger partial charge in [0.25, 0.3) is 5.91 Å². The number of nitrogens with zero attached hydrogens (tertiary/aromatic N) is 2. The highest BCUT2D eigenvalue weighted by molar-refractivity contribution is 5.83. The molecule has 5 heteroatoms. The van der Waals surface area contributed by atoms with Crippen molar-refractivity contribution in [3.63, 3.8) is 0 Å². The summed E-state index contributed by atoms with van der Waals surface area (Å²) >= 11 is 0. The van der Waals surface area contributed by atoms with Crippen molar-refractivity contribution in [1.82, 2.24) is 5.43 Å². The summed E-state index contributed by atoms with van der Waals surface area (Å²) in [6.07, 6.45) is 3.88. The van der Waals surface area contributed by atoms with Gasteiger partial charge in [-0.15, -0.1) is 0 Å². The fourth-order valence-corrected chi connectivity index (χ4v) is 3.42. The van der Waals surface area contributed by atoms with Gasteiger partial charge in [-0.05, 0) is 53.8 Å². The van der Waals surface area contributed by atoms with Crippen LogP contribution in [0.15, 0.2) is 84.0 Å². The molecule has 0 radical (unpaired) electrons. The van der Waals surface area contributed by atoms with Crippen LogP contribution in [0.2, 0.25) is 0 Å². The van der Waals surface area contributed by atoms with Crippen LogP contribution < -0.4 is 15.1 Å². The second kappa shape index (κ2) is 12.3. The molecule has 32 heavy (non-hydrogen) atoms. The summed E-state index contributed by atoms with van der Waals surface area (Å²) < 4.78 is 5.56. The summed E-state index contributed by atoms with van der Waals surface area (Å²) in [5, 5.41) is 4.04. The summed E-state index contributed by atoms with van der Waals surface area (Å²) in [4.78, 5) is 14.4. The van der Waals surface area contributed by atoms with E-state index in [-0.39, 0.29) is 12.5 Å². The van der Waals surface area contributed by atoms with Crippen molar-refractivity contribution in [1.29, 1.82) is 0 Å². The molecule has 0 aliphatic carbocycles. The second-order valence-corrected chi connectivity index (χ2v) is 7.55. The van der Waals surface area contributed by atoms with E-state index in [1.54, 1.807) is 6.21 Å². The third-order valence-corrected chi connectivity index (χ3v) is 4.98. The highest BCUT2D eigenvalue weighted by atomic mass is 16.5. The van der Waals surface area contributed by atoms with E-state index in [4.69, 9.17) is 4.74 Å². The number of hydrazone groups is 1. The Balaban J connectivity index is 1.45. The van der Waals surface area contributed by atoms with E-state index in [9.17, 15) is 4.79 Å². The predicted octanol–water partition coefficient (Wildman–Crippen LogP) is 5.51. The van der Waals surface area contributed by atoms with E-state index in [1.807, 2.05) is 54.6 Å². The van der Waals surface area contributed by atoms with Gasteiger partial charge in [-0.3, -0.25) is 4.79 Å². The average Bonchev–Trinajstić information content (AvgIpc) is 2.84. The first-order valence-corrected chi connectivity index (χ1v) is 11.1. The molecule has 3 rings (SSSR count). The number of carbonyl (C=O) groups excluding carboxylic acids is 1. The highest BCUT2D eigenvalue weighted by Crippen LogP contribution is 2.22. The molecule has 0 aromatic heterocycles. The Morgan fingerprint density at radius 3 is 2.12 bits per heavy atom. The zero-order valence-electron chi connectivity index (χ0n) is 18.8. The van der Waals surface area contributed by atoms with Gasteiger partial charge >= 0.3 is 0 Å². The zero-order chi connectivity index (χ0) is 22.6. The number of carbonyl (C=O) groups is 1. The first-order chi connectivity index (χ1) is 15.7. The van der Waals surface area contributed by atoms with Gasteiger partial charge in [0.05, 0.1) is 6.21 Å². The summed E-state index contributed by atoms with van der Waals surface area (Å²) in [6, 6.07) is 26.0. The molecule has 5 nitrogen and oxygen atoms in total. The molecule has 0 aliphatic heterocycles. The summed E-state index contributed by atoms with van der Waals surface area (Å²) in [5.41, 5.74) is 6.90. The number of amides is 1. The van der Waals surface area contributed by atoms with E-state index < -0.39 is 0 Å². The molecule has 166 valence electrons. The number of rotatable bonds is 11. The summed E-state index contributed by atoms with van der Waals surface area (Å²) in [5.74, 6) is 0.338. The number of benzene rings is 3. The fourth-order valence-electron chi connectivity index (χ4n) is 3.42. The van der Waals surface area contributed by atoms with Crippen LogP contribution in [0.5, 0.6) is 5.75 Å². The topological polar surface area (TPSA) is 53.9 Å². The lowest BCUT2D eigenvalue weighted by Gasteiger charge is -2.23. The highest BCUT2D eigenvalue weighted by Gasteiger charge is 2.05. The molecule has 1 amide bonds. The Morgan fingerprint density at radius 1 is 0.875 bits per heavy atom. The van der Waals surface area contributed by atoms with Gasteiger partial charge in [0, 0.05) is 18.8 Å². The molecular weight excluding hydrogens is 398 g/mol. The van der Waals surface area contributed by atoms with E-state index >= 15 is 0 Å². The molecule has 0 bridgehead atoms. The Kier molecular flexibility index (Phi) is 8.87. The van der Waals surface area contributed by atoms with Gasteiger partial charge in [0.1, 0.15) is 5.75 Å². The van der Waals surface area contributed by atoms with Gasteiger partial charge in [-0.25, -0.2) is 5.43 Å². The number of anilines is 1.